The first-order valence-corrected chi connectivity index (χ1v) is 9.15. The number of benzene rings is 1. The molecule has 0 atom stereocenters. The van der Waals surface area contributed by atoms with Gasteiger partial charge in [0, 0.05) is 15.6 Å². The van der Waals surface area contributed by atoms with E-state index in [0.717, 1.165) is 29.0 Å². The Labute approximate surface area is 147 Å². The van der Waals surface area contributed by atoms with E-state index in [0.29, 0.717) is 11.0 Å². The highest BCUT2D eigenvalue weighted by molar-refractivity contribution is 7.19. The van der Waals surface area contributed by atoms with Gasteiger partial charge in [0.25, 0.3) is 0 Å². The van der Waals surface area contributed by atoms with Crippen molar-refractivity contribution >= 4 is 50.4 Å². The molecule has 0 amide bonds. The molecule has 0 fully saturated rings. The SMILES string of the molecule is Clc1ccc(Nc2nc3sc4c(c3c3ncnn23)CCCC4)cc1. The van der Waals surface area contributed by atoms with E-state index in [9.17, 15) is 0 Å². The lowest BCUT2D eigenvalue weighted by atomic mass is 9.97. The monoisotopic (exact) mass is 355 g/mol. The zero-order valence-electron chi connectivity index (χ0n) is 12.8. The molecule has 0 unspecified atom stereocenters. The molecule has 24 heavy (non-hydrogen) atoms. The molecule has 120 valence electrons. The van der Waals surface area contributed by atoms with Gasteiger partial charge in [-0.2, -0.15) is 9.61 Å². The first-order valence-electron chi connectivity index (χ1n) is 7.96. The number of nitrogens with one attached hydrogen (secondary N) is 1. The maximum Gasteiger partial charge on any atom is 0.231 e. The first kappa shape index (κ1) is 14.2. The molecule has 1 N–H and O–H groups in total. The quantitative estimate of drug-likeness (QED) is 0.570. The summed E-state index contributed by atoms with van der Waals surface area (Å²) in [7, 11) is 0. The van der Waals surface area contributed by atoms with Crippen LogP contribution in [0.3, 0.4) is 0 Å². The summed E-state index contributed by atoms with van der Waals surface area (Å²) in [5.74, 6) is 0.677. The van der Waals surface area contributed by atoms with Crippen molar-refractivity contribution in [3.05, 3.63) is 46.1 Å². The maximum atomic E-state index is 5.96. The summed E-state index contributed by atoms with van der Waals surface area (Å²) in [5.41, 5.74) is 3.23. The molecule has 0 radical (unpaired) electrons. The van der Waals surface area contributed by atoms with Crippen LogP contribution in [-0.2, 0) is 12.8 Å². The number of hydrogen-bond donors (Lipinski definition) is 1. The van der Waals surface area contributed by atoms with Crippen molar-refractivity contribution in [1.29, 1.82) is 0 Å². The molecule has 1 aromatic carbocycles. The van der Waals surface area contributed by atoms with Crippen LogP contribution in [0.2, 0.25) is 5.02 Å². The van der Waals surface area contributed by atoms with Gasteiger partial charge in [-0.3, -0.25) is 0 Å². The Bertz CT molecular complexity index is 1050. The Balaban J connectivity index is 1.70. The topological polar surface area (TPSA) is 55.1 Å². The summed E-state index contributed by atoms with van der Waals surface area (Å²) in [6.07, 6.45) is 6.36. The van der Waals surface area contributed by atoms with Crippen LogP contribution < -0.4 is 5.32 Å². The molecule has 1 aliphatic rings. The van der Waals surface area contributed by atoms with Gasteiger partial charge in [0.15, 0.2) is 5.65 Å². The summed E-state index contributed by atoms with van der Waals surface area (Å²) in [6, 6.07) is 7.56. The van der Waals surface area contributed by atoms with Crippen LogP contribution in [0.4, 0.5) is 11.6 Å². The van der Waals surface area contributed by atoms with Crippen molar-refractivity contribution in [1.82, 2.24) is 19.6 Å². The number of hydrogen-bond acceptors (Lipinski definition) is 5. The molecule has 0 bridgehead atoms. The van der Waals surface area contributed by atoms with Crippen LogP contribution in [0.1, 0.15) is 23.3 Å². The third-order valence-electron chi connectivity index (χ3n) is 4.43. The molecule has 1 aliphatic carbocycles. The van der Waals surface area contributed by atoms with Gasteiger partial charge < -0.3 is 5.32 Å². The summed E-state index contributed by atoms with van der Waals surface area (Å²) in [4.78, 5) is 11.8. The van der Waals surface area contributed by atoms with E-state index in [1.54, 1.807) is 22.2 Å². The molecule has 3 aromatic heterocycles. The Morgan fingerprint density at radius 3 is 2.83 bits per heavy atom. The zero-order valence-corrected chi connectivity index (χ0v) is 14.4. The summed E-state index contributed by atoms with van der Waals surface area (Å²) in [6.45, 7) is 0. The van der Waals surface area contributed by atoms with Gasteiger partial charge in [0.2, 0.25) is 5.95 Å². The molecule has 0 aliphatic heterocycles. The van der Waals surface area contributed by atoms with Gasteiger partial charge in [-0.1, -0.05) is 11.6 Å². The van der Waals surface area contributed by atoms with Crippen LogP contribution in [0.25, 0.3) is 15.9 Å². The van der Waals surface area contributed by atoms with Crippen molar-refractivity contribution < 1.29 is 0 Å². The van der Waals surface area contributed by atoms with Crippen molar-refractivity contribution in [3.63, 3.8) is 0 Å². The standard InChI is InChI=1S/C17H14ClN5S/c18-10-5-7-11(8-6-10)21-17-22-16-14(15-19-9-20-23(15)17)12-3-1-2-4-13(12)24-16/h5-9H,1-4H2,(H,21,22). The number of halogens is 1. The minimum atomic E-state index is 0.677. The predicted octanol–water partition coefficient (Wildman–Crippen LogP) is 4.61. The van der Waals surface area contributed by atoms with Crippen molar-refractivity contribution in [3.8, 4) is 0 Å². The van der Waals surface area contributed by atoms with E-state index in [1.165, 1.54) is 28.7 Å². The van der Waals surface area contributed by atoms with Crippen LogP contribution >= 0.6 is 22.9 Å². The number of rotatable bonds is 2. The highest BCUT2D eigenvalue weighted by Gasteiger charge is 2.21. The Kier molecular flexibility index (Phi) is 3.21. The molecule has 4 aromatic rings. The van der Waals surface area contributed by atoms with Gasteiger partial charge in [-0.15, -0.1) is 11.3 Å². The Morgan fingerprint density at radius 1 is 1.12 bits per heavy atom. The molecular formula is C17H14ClN5S. The van der Waals surface area contributed by atoms with E-state index in [-0.39, 0.29) is 0 Å². The lowest BCUT2D eigenvalue weighted by Crippen LogP contribution is -2.04. The number of aromatic nitrogens is 4. The van der Waals surface area contributed by atoms with Gasteiger partial charge in [-0.25, -0.2) is 9.97 Å². The van der Waals surface area contributed by atoms with Crippen LogP contribution in [0.5, 0.6) is 0 Å². The van der Waals surface area contributed by atoms with Crippen molar-refractivity contribution in [2.75, 3.05) is 5.32 Å². The fourth-order valence-corrected chi connectivity index (χ4v) is 4.70. The minimum Gasteiger partial charge on any atom is -0.324 e. The van der Waals surface area contributed by atoms with Gasteiger partial charge in [-0.05, 0) is 55.5 Å². The third kappa shape index (κ3) is 2.17. The fourth-order valence-electron chi connectivity index (χ4n) is 3.31. The Morgan fingerprint density at radius 2 is 1.96 bits per heavy atom. The molecule has 5 nitrogen and oxygen atoms in total. The van der Waals surface area contributed by atoms with Crippen LogP contribution in [0, 0.1) is 0 Å². The number of nitrogens with zero attached hydrogens (tertiary/aromatic N) is 4. The minimum absolute atomic E-state index is 0.677. The number of anilines is 2. The number of fused-ring (bicyclic) bond motifs is 5. The summed E-state index contributed by atoms with van der Waals surface area (Å²) in [5, 5.41) is 9.58. The Hall–Kier alpha value is -2.18. The molecule has 3 heterocycles. The largest absolute Gasteiger partial charge is 0.324 e. The molecular weight excluding hydrogens is 342 g/mol. The summed E-state index contributed by atoms with van der Waals surface area (Å²) < 4.78 is 1.79. The first-order chi connectivity index (χ1) is 11.8. The van der Waals surface area contributed by atoms with E-state index >= 15 is 0 Å². The lowest BCUT2D eigenvalue weighted by Gasteiger charge is -2.11. The number of thiophene rings is 1. The summed E-state index contributed by atoms with van der Waals surface area (Å²) >= 11 is 7.75. The van der Waals surface area contributed by atoms with Crippen molar-refractivity contribution in [2.45, 2.75) is 25.7 Å². The van der Waals surface area contributed by atoms with Gasteiger partial charge >= 0.3 is 0 Å². The molecule has 0 spiro atoms. The van der Waals surface area contributed by atoms with E-state index in [2.05, 4.69) is 15.4 Å². The molecule has 5 rings (SSSR count). The van der Waals surface area contributed by atoms with Crippen LogP contribution in [0.15, 0.2) is 30.6 Å². The highest BCUT2D eigenvalue weighted by atomic mass is 35.5. The zero-order chi connectivity index (χ0) is 16.1. The van der Waals surface area contributed by atoms with E-state index in [1.807, 2.05) is 24.3 Å². The smallest absolute Gasteiger partial charge is 0.231 e. The maximum absolute atomic E-state index is 5.96. The van der Waals surface area contributed by atoms with Gasteiger partial charge in [0.05, 0.1) is 5.39 Å². The van der Waals surface area contributed by atoms with E-state index in [4.69, 9.17) is 16.6 Å². The van der Waals surface area contributed by atoms with Crippen molar-refractivity contribution in [2.24, 2.45) is 0 Å². The lowest BCUT2D eigenvalue weighted by molar-refractivity contribution is 0.700. The highest BCUT2D eigenvalue weighted by Crippen LogP contribution is 2.38. The van der Waals surface area contributed by atoms with E-state index < -0.39 is 0 Å². The molecule has 7 heteroatoms. The fraction of sp³-hybridized carbons (Fsp3) is 0.235. The second-order valence-corrected chi connectivity index (χ2v) is 7.47. The third-order valence-corrected chi connectivity index (χ3v) is 5.87. The molecule has 0 saturated heterocycles. The predicted molar refractivity (Wildman–Crippen MR) is 97.5 cm³/mol. The average Bonchev–Trinajstić information content (AvgIpc) is 3.20. The second kappa shape index (κ2) is 5.43. The number of aryl methyl sites for hydroxylation is 2. The van der Waals surface area contributed by atoms with Gasteiger partial charge in [0.1, 0.15) is 11.2 Å². The van der Waals surface area contributed by atoms with Crippen LogP contribution in [-0.4, -0.2) is 19.6 Å². The normalized spacial score (nSPS) is 14.2. The average molecular weight is 356 g/mol. The molecule has 0 saturated carbocycles. The second-order valence-electron chi connectivity index (χ2n) is 5.95.